The summed E-state index contributed by atoms with van der Waals surface area (Å²) in [6, 6.07) is 9.42. The standard InChI is InChI=1S/C19H24N4O4S/c1-15(17-8-4-5-11-20-17)21(2)18-10-9-16(14-19(18)23(24)25)28(26,27)22-12-6-3-7-13-22/h4-5,8-11,14-15H,3,6-7,12-13H2,1-2H3. The van der Waals surface area contributed by atoms with Crippen molar-refractivity contribution in [3.05, 3.63) is 58.4 Å². The van der Waals surface area contributed by atoms with E-state index < -0.39 is 14.9 Å². The van der Waals surface area contributed by atoms with Crippen LogP contribution in [0, 0.1) is 10.1 Å². The maximum atomic E-state index is 12.9. The summed E-state index contributed by atoms with van der Waals surface area (Å²) in [5.74, 6) is 0. The highest BCUT2D eigenvalue weighted by Crippen LogP contribution is 2.35. The molecular formula is C19H24N4O4S. The van der Waals surface area contributed by atoms with E-state index in [2.05, 4.69) is 4.98 Å². The van der Waals surface area contributed by atoms with Gasteiger partial charge in [0.2, 0.25) is 10.0 Å². The van der Waals surface area contributed by atoms with E-state index in [-0.39, 0.29) is 16.6 Å². The lowest BCUT2D eigenvalue weighted by atomic mass is 10.1. The predicted molar refractivity (Wildman–Crippen MR) is 107 cm³/mol. The number of rotatable bonds is 6. The molecule has 28 heavy (non-hydrogen) atoms. The minimum atomic E-state index is -3.73. The maximum absolute atomic E-state index is 12.9. The van der Waals surface area contributed by atoms with Gasteiger partial charge >= 0.3 is 0 Å². The number of anilines is 1. The third-order valence-corrected chi connectivity index (χ3v) is 7.07. The molecule has 2 heterocycles. The van der Waals surface area contributed by atoms with Crippen LogP contribution in [0.4, 0.5) is 11.4 Å². The van der Waals surface area contributed by atoms with Gasteiger partial charge in [-0.25, -0.2) is 8.42 Å². The van der Waals surface area contributed by atoms with Crippen LogP contribution in [0.1, 0.15) is 37.9 Å². The van der Waals surface area contributed by atoms with Crippen LogP contribution in [0.25, 0.3) is 0 Å². The Morgan fingerprint density at radius 2 is 1.89 bits per heavy atom. The van der Waals surface area contributed by atoms with Crippen molar-refractivity contribution in [2.45, 2.75) is 37.1 Å². The summed E-state index contributed by atoms with van der Waals surface area (Å²) >= 11 is 0. The van der Waals surface area contributed by atoms with E-state index in [0.29, 0.717) is 18.8 Å². The summed E-state index contributed by atoms with van der Waals surface area (Å²) in [4.78, 5) is 17.2. The van der Waals surface area contributed by atoms with Gasteiger partial charge in [0.15, 0.2) is 0 Å². The fraction of sp³-hybridized carbons (Fsp3) is 0.421. The molecule has 8 nitrogen and oxygen atoms in total. The fourth-order valence-electron chi connectivity index (χ4n) is 3.39. The number of piperidine rings is 1. The molecule has 1 aliphatic rings. The van der Waals surface area contributed by atoms with Crippen molar-refractivity contribution in [2.24, 2.45) is 0 Å². The first-order chi connectivity index (χ1) is 13.3. The zero-order valence-electron chi connectivity index (χ0n) is 16.0. The Morgan fingerprint density at radius 1 is 1.18 bits per heavy atom. The summed E-state index contributed by atoms with van der Waals surface area (Å²) in [6.07, 6.45) is 4.29. The van der Waals surface area contributed by atoms with Crippen molar-refractivity contribution in [1.82, 2.24) is 9.29 Å². The first-order valence-electron chi connectivity index (χ1n) is 9.24. The lowest BCUT2D eigenvalue weighted by Gasteiger charge is -2.28. The molecule has 3 rings (SSSR count). The molecule has 1 aliphatic heterocycles. The summed E-state index contributed by atoms with van der Waals surface area (Å²) in [5, 5.41) is 11.7. The summed E-state index contributed by atoms with van der Waals surface area (Å²) in [7, 11) is -2.00. The van der Waals surface area contributed by atoms with Gasteiger partial charge in [0, 0.05) is 32.4 Å². The van der Waals surface area contributed by atoms with Gasteiger partial charge in [-0.15, -0.1) is 0 Å². The monoisotopic (exact) mass is 404 g/mol. The Kier molecular flexibility index (Phi) is 5.95. The first kappa shape index (κ1) is 20.2. The van der Waals surface area contributed by atoms with Crippen molar-refractivity contribution in [3.63, 3.8) is 0 Å². The molecule has 0 radical (unpaired) electrons. The number of hydrogen-bond donors (Lipinski definition) is 0. The van der Waals surface area contributed by atoms with Gasteiger partial charge in [0.05, 0.1) is 21.6 Å². The molecule has 0 N–H and O–H groups in total. The molecule has 0 amide bonds. The van der Waals surface area contributed by atoms with Gasteiger partial charge in [-0.1, -0.05) is 12.5 Å². The van der Waals surface area contributed by atoms with Gasteiger partial charge in [-0.05, 0) is 44.0 Å². The van der Waals surface area contributed by atoms with Crippen molar-refractivity contribution in [3.8, 4) is 0 Å². The molecule has 150 valence electrons. The number of nitrogens with zero attached hydrogens (tertiary/aromatic N) is 4. The number of benzene rings is 1. The fourth-order valence-corrected chi connectivity index (χ4v) is 4.93. The molecule has 2 aromatic rings. The van der Waals surface area contributed by atoms with E-state index in [4.69, 9.17) is 0 Å². The number of hydrogen-bond acceptors (Lipinski definition) is 6. The normalized spacial score (nSPS) is 16.5. The Bertz CT molecular complexity index is 944. The Hall–Kier alpha value is -2.52. The van der Waals surface area contributed by atoms with Crippen LogP contribution in [0.5, 0.6) is 0 Å². The second-order valence-corrected chi connectivity index (χ2v) is 8.85. The smallest absolute Gasteiger partial charge is 0.293 e. The van der Waals surface area contributed by atoms with E-state index in [0.717, 1.165) is 25.0 Å². The zero-order chi connectivity index (χ0) is 20.3. The van der Waals surface area contributed by atoms with Crippen molar-refractivity contribution >= 4 is 21.4 Å². The molecule has 1 fully saturated rings. The van der Waals surface area contributed by atoms with Crippen LogP contribution in [-0.2, 0) is 10.0 Å². The minimum Gasteiger partial charge on any atom is -0.361 e. The Balaban J connectivity index is 1.96. The second-order valence-electron chi connectivity index (χ2n) is 6.91. The highest BCUT2D eigenvalue weighted by molar-refractivity contribution is 7.89. The lowest BCUT2D eigenvalue weighted by Crippen LogP contribution is -2.35. The number of pyridine rings is 1. The maximum Gasteiger partial charge on any atom is 0.293 e. The highest BCUT2D eigenvalue weighted by Gasteiger charge is 2.30. The Labute approximate surface area is 165 Å². The summed E-state index contributed by atoms with van der Waals surface area (Å²) < 4.78 is 27.2. The second kappa shape index (κ2) is 8.24. The quantitative estimate of drug-likeness (QED) is 0.541. The highest BCUT2D eigenvalue weighted by atomic mass is 32.2. The van der Waals surface area contributed by atoms with Crippen LogP contribution in [0.2, 0.25) is 0 Å². The van der Waals surface area contributed by atoms with E-state index in [1.54, 1.807) is 24.2 Å². The van der Waals surface area contributed by atoms with Crippen LogP contribution in [0.15, 0.2) is 47.5 Å². The molecule has 1 saturated heterocycles. The minimum absolute atomic E-state index is 0.0382. The molecule has 0 aliphatic carbocycles. The SMILES string of the molecule is CC(c1ccccn1)N(C)c1ccc(S(=O)(=O)N2CCCCC2)cc1[N+](=O)[O-]. The number of nitro benzene ring substituents is 1. The first-order valence-corrected chi connectivity index (χ1v) is 10.7. The third kappa shape index (κ3) is 4.00. The Morgan fingerprint density at radius 3 is 2.50 bits per heavy atom. The summed E-state index contributed by atoms with van der Waals surface area (Å²) in [6.45, 7) is 2.80. The molecule has 1 unspecified atom stereocenters. The summed E-state index contributed by atoms with van der Waals surface area (Å²) in [5.41, 5.74) is 0.883. The number of nitro groups is 1. The molecule has 0 bridgehead atoms. The van der Waals surface area contributed by atoms with Gasteiger partial charge in [-0.3, -0.25) is 15.1 Å². The molecular weight excluding hydrogens is 380 g/mol. The van der Waals surface area contributed by atoms with Gasteiger partial charge in [0.25, 0.3) is 5.69 Å². The molecule has 0 spiro atoms. The average Bonchev–Trinajstić information content (AvgIpc) is 2.73. The molecule has 1 aromatic heterocycles. The molecule has 1 atom stereocenters. The molecule has 1 aromatic carbocycles. The van der Waals surface area contributed by atoms with E-state index in [9.17, 15) is 18.5 Å². The molecule has 9 heteroatoms. The van der Waals surface area contributed by atoms with Crippen LogP contribution in [-0.4, -0.2) is 42.8 Å². The van der Waals surface area contributed by atoms with E-state index >= 15 is 0 Å². The lowest BCUT2D eigenvalue weighted by molar-refractivity contribution is -0.384. The zero-order valence-corrected chi connectivity index (χ0v) is 16.8. The largest absolute Gasteiger partial charge is 0.361 e. The van der Waals surface area contributed by atoms with Crippen LogP contribution in [0.3, 0.4) is 0 Å². The van der Waals surface area contributed by atoms with Crippen LogP contribution < -0.4 is 4.90 Å². The molecule has 0 saturated carbocycles. The van der Waals surface area contributed by atoms with Crippen molar-refractivity contribution < 1.29 is 13.3 Å². The van der Waals surface area contributed by atoms with Crippen LogP contribution >= 0.6 is 0 Å². The van der Waals surface area contributed by atoms with Gasteiger partial charge in [0.1, 0.15) is 5.69 Å². The third-order valence-electron chi connectivity index (χ3n) is 5.17. The van der Waals surface area contributed by atoms with Gasteiger partial charge in [-0.2, -0.15) is 4.31 Å². The predicted octanol–water partition coefficient (Wildman–Crippen LogP) is 3.36. The van der Waals surface area contributed by atoms with E-state index in [1.807, 2.05) is 19.1 Å². The van der Waals surface area contributed by atoms with Crippen molar-refractivity contribution in [2.75, 3.05) is 25.0 Å². The number of sulfonamides is 1. The van der Waals surface area contributed by atoms with E-state index in [1.165, 1.54) is 22.5 Å². The average molecular weight is 404 g/mol. The topological polar surface area (TPSA) is 96.7 Å². The van der Waals surface area contributed by atoms with Gasteiger partial charge < -0.3 is 4.90 Å². The number of aromatic nitrogens is 1. The van der Waals surface area contributed by atoms with Crippen molar-refractivity contribution in [1.29, 1.82) is 0 Å².